The number of halogens is 2. The second-order valence-corrected chi connectivity index (χ2v) is 10.7. The van der Waals surface area contributed by atoms with Gasteiger partial charge >= 0.3 is 0 Å². The molecule has 232 valence electrons. The molecule has 5 aromatic rings. The SMILES string of the molecule is C=CC(=O)Nc1cc(N2CCOCC2)cc(OC)c1Nc1ncc2cc(-c3c(Cl)c(OC)cc(OC)c3Cl)c3nccn3c2n1. The minimum absolute atomic E-state index is 0.260. The van der Waals surface area contributed by atoms with Crippen molar-refractivity contribution in [3.63, 3.8) is 0 Å². The number of amides is 1. The average Bonchev–Trinajstić information content (AvgIpc) is 3.57. The summed E-state index contributed by atoms with van der Waals surface area (Å²) in [5.74, 6) is 1.18. The number of aromatic nitrogens is 4. The number of pyridine rings is 1. The Morgan fingerprint density at radius 2 is 1.69 bits per heavy atom. The predicted molar refractivity (Wildman–Crippen MR) is 175 cm³/mol. The van der Waals surface area contributed by atoms with Crippen LogP contribution in [0.15, 0.2) is 55.5 Å². The normalized spacial score (nSPS) is 13.1. The number of anilines is 4. The second-order valence-electron chi connectivity index (χ2n) is 9.92. The van der Waals surface area contributed by atoms with Gasteiger partial charge in [-0.05, 0) is 18.2 Å². The fraction of sp³-hybridized carbons (Fsp3) is 0.226. The summed E-state index contributed by atoms with van der Waals surface area (Å²) in [4.78, 5) is 28.6. The number of nitrogens with zero attached hydrogens (tertiary/aromatic N) is 5. The van der Waals surface area contributed by atoms with Crippen LogP contribution in [0, 0.1) is 0 Å². The molecule has 1 aliphatic heterocycles. The van der Waals surface area contributed by atoms with Crippen molar-refractivity contribution in [2.75, 3.05) is 63.2 Å². The molecule has 1 aliphatic rings. The maximum atomic E-state index is 12.4. The third kappa shape index (κ3) is 5.63. The molecule has 1 saturated heterocycles. The van der Waals surface area contributed by atoms with Gasteiger partial charge in [-0.1, -0.05) is 29.8 Å². The number of nitrogens with one attached hydrogen (secondary N) is 2. The highest BCUT2D eigenvalue weighted by molar-refractivity contribution is 6.41. The standard InChI is InChI=1S/C31H29Cl2N7O5/c1-5-24(41)36-20-13-18(39-8-10-45-11-9-39)14-23(44-4)28(20)37-31-35-16-17-12-19(30-34-6-7-40(30)29(17)38-31)25-26(32)21(42-2)15-22(43-3)27(25)33/h5-7,12-16H,1,8-11H2,2-4H3,(H,36,41)(H,35,37,38). The zero-order valence-electron chi connectivity index (χ0n) is 24.7. The Balaban J connectivity index is 1.46. The average molecular weight is 651 g/mol. The number of carbonyl (C=O) groups excluding carboxylic acids is 1. The second kappa shape index (κ2) is 12.7. The van der Waals surface area contributed by atoms with E-state index in [0.29, 0.717) is 92.8 Å². The van der Waals surface area contributed by atoms with Crippen LogP contribution >= 0.6 is 23.2 Å². The van der Waals surface area contributed by atoms with Crippen LogP contribution < -0.4 is 29.7 Å². The summed E-state index contributed by atoms with van der Waals surface area (Å²) < 4.78 is 24.0. The molecule has 0 unspecified atom stereocenters. The van der Waals surface area contributed by atoms with Crippen LogP contribution in [0.25, 0.3) is 27.8 Å². The van der Waals surface area contributed by atoms with Crippen molar-refractivity contribution in [2.24, 2.45) is 0 Å². The molecule has 12 nitrogen and oxygen atoms in total. The Kier molecular flexibility index (Phi) is 8.52. The van der Waals surface area contributed by atoms with Crippen LogP contribution in [0.4, 0.5) is 23.0 Å². The lowest BCUT2D eigenvalue weighted by Gasteiger charge is -2.30. The van der Waals surface area contributed by atoms with Gasteiger partial charge in [-0.2, -0.15) is 4.98 Å². The minimum atomic E-state index is -0.377. The molecule has 6 rings (SSSR count). The van der Waals surface area contributed by atoms with E-state index in [-0.39, 0.29) is 11.9 Å². The number of rotatable bonds is 9. The van der Waals surface area contributed by atoms with E-state index < -0.39 is 0 Å². The number of methoxy groups -OCH3 is 3. The van der Waals surface area contributed by atoms with Crippen LogP contribution in [0.2, 0.25) is 10.0 Å². The van der Waals surface area contributed by atoms with Crippen molar-refractivity contribution < 1.29 is 23.7 Å². The molecule has 0 saturated carbocycles. The lowest BCUT2D eigenvalue weighted by atomic mass is 10.0. The first-order chi connectivity index (χ1) is 21.9. The topological polar surface area (TPSA) is 124 Å². The van der Waals surface area contributed by atoms with Crippen LogP contribution in [-0.4, -0.2) is 72.9 Å². The van der Waals surface area contributed by atoms with E-state index in [0.717, 1.165) is 5.69 Å². The van der Waals surface area contributed by atoms with Gasteiger partial charge in [-0.25, -0.2) is 9.97 Å². The molecule has 0 radical (unpaired) electrons. The summed E-state index contributed by atoms with van der Waals surface area (Å²) in [5.41, 5.74) is 4.08. The molecule has 2 N–H and O–H groups in total. The number of morpholine rings is 1. The van der Waals surface area contributed by atoms with Crippen molar-refractivity contribution in [3.05, 3.63) is 65.6 Å². The molecule has 45 heavy (non-hydrogen) atoms. The van der Waals surface area contributed by atoms with E-state index in [2.05, 4.69) is 32.1 Å². The number of fused-ring (bicyclic) bond motifs is 3. The van der Waals surface area contributed by atoms with Crippen molar-refractivity contribution in [1.29, 1.82) is 0 Å². The number of hydrogen-bond donors (Lipinski definition) is 2. The molecule has 1 amide bonds. The zero-order chi connectivity index (χ0) is 31.7. The minimum Gasteiger partial charge on any atom is -0.495 e. The third-order valence-electron chi connectivity index (χ3n) is 7.41. The number of imidazole rings is 1. The van der Waals surface area contributed by atoms with E-state index in [1.807, 2.05) is 22.6 Å². The molecule has 1 fully saturated rings. The number of hydrogen-bond acceptors (Lipinski definition) is 10. The van der Waals surface area contributed by atoms with Gasteiger partial charge in [0.25, 0.3) is 0 Å². The predicted octanol–water partition coefficient (Wildman–Crippen LogP) is 5.98. The Morgan fingerprint density at radius 3 is 2.36 bits per heavy atom. The van der Waals surface area contributed by atoms with E-state index in [4.69, 9.17) is 47.1 Å². The summed E-state index contributed by atoms with van der Waals surface area (Å²) in [7, 11) is 4.60. The van der Waals surface area contributed by atoms with Crippen molar-refractivity contribution >= 4 is 68.8 Å². The Morgan fingerprint density at radius 1 is 0.978 bits per heavy atom. The highest BCUT2D eigenvalue weighted by atomic mass is 35.5. The maximum absolute atomic E-state index is 12.4. The first kappa shape index (κ1) is 30.3. The van der Waals surface area contributed by atoms with Gasteiger partial charge in [0.05, 0.1) is 50.3 Å². The molecule has 4 heterocycles. The largest absolute Gasteiger partial charge is 0.495 e. The molecular formula is C31H29Cl2N7O5. The van der Waals surface area contributed by atoms with Crippen molar-refractivity contribution in [3.8, 4) is 28.4 Å². The van der Waals surface area contributed by atoms with Crippen molar-refractivity contribution in [2.45, 2.75) is 0 Å². The highest BCUT2D eigenvalue weighted by Crippen LogP contribution is 2.47. The first-order valence-corrected chi connectivity index (χ1v) is 14.6. The van der Waals surface area contributed by atoms with Gasteiger partial charge in [-0.15, -0.1) is 0 Å². The molecule has 0 aliphatic carbocycles. The summed E-state index contributed by atoms with van der Waals surface area (Å²) in [6.45, 7) is 6.22. The Labute approximate surface area is 268 Å². The quantitative estimate of drug-likeness (QED) is 0.184. The van der Waals surface area contributed by atoms with E-state index in [1.165, 1.54) is 20.3 Å². The van der Waals surface area contributed by atoms with Crippen molar-refractivity contribution in [1.82, 2.24) is 19.4 Å². The van der Waals surface area contributed by atoms with Gasteiger partial charge in [-0.3, -0.25) is 9.20 Å². The molecule has 0 bridgehead atoms. The fourth-order valence-corrected chi connectivity index (χ4v) is 5.93. The molecule has 0 spiro atoms. The lowest BCUT2D eigenvalue weighted by Crippen LogP contribution is -2.36. The van der Waals surface area contributed by atoms with E-state index in [9.17, 15) is 4.79 Å². The van der Waals surface area contributed by atoms with Crippen LogP contribution in [-0.2, 0) is 9.53 Å². The zero-order valence-corrected chi connectivity index (χ0v) is 26.2. The van der Waals surface area contributed by atoms with Gasteiger partial charge in [0.15, 0.2) is 5.65 Å². The van der Waals surface area contributed by atoms with Gasteiger partial charge < -0.3 is 34.5 Å². The monoisotopic (exact) mass is 649 g/mol. The highest BCUT2D eigenvalue weighted by Gasteiger charge is 2.23. The molecule has 2 aromatic carbocycles. The lowest BCUT2D eigenvalue weighted by molar-refractivity contribution is -0.111. The van der Waals surface area contributed by atoms with E-state index >= 15 is 0 Å². The van der Waals surface area contributed by atoms with E-state index in [1.54, 1.807) is 31.8 Å². The number of carbonyl (C=O) groups is 1. The maximum Gasteiger partial charge on any atom is 0.247 e. The molecular weight excluding hydrogens is 621 g/mol. The fourth-order valence-electron chi connectivity index (χ4n) is 5.23. The number of benzene rings is 2. The Bertz CT molecular complexity index is 1910. The summed E-state index contributed by atoms with van der Waals surface area (Å²) >= 11 is 13.5. The van der Waals surface area contributed by atoms with Gasteiger partial charge in [0.2, 0.25) is 11.9 Å². The summed E-state index contributed by atoms with van der Waals surface area (Å²) in [6.07, 6.45) is 6.31. The molecule has 14 heteroatoms. The van der Waals surface area contributed by atoms with Gasteiger partial charge in [0, 0.05) is 66.0 Å². The van der Waals surface area contributed by atoms with Crippen LogP contribution in [0.1, 0.15) is 0 Å². The summed E-state index contributed by atoms with van der Waals surface area (Å²) in [6, 6.07) is 7.26. The molecule has 0 atom stereocenters. The Hall–Kier alpha value is -4.78. The third-order valence-corrected chi connectivity index (χ3v) is 8.16. The van der Waals surface area contributed by atoms with Gasteiger partial charge in [0.1, 0.15) is 28.6 Å². The summed E-state index contributed by atoms with van der Waals surface area (Å²) in [5, 5.41) is 7.44. The first-order valence-electron chi connectivity index (χ1n) is 13.8. The smallest absolute Gasteiger partial charge is 0.247 e. The number of ether oxygens (including phenoxy) is 4. The van der Waals surface area contributed by atoms with Crippen LogP contribution in [0.3, 0.4) is 0 Å². The van der Waals surface area contributed by atoms with Crippen LogP contribution in [0.5, 0.6) is 17.2 Å². The molecule has 3 aromatic heterocycles.